The molecule has 0 unspecified atom stereocenters. The Bertz CT molecular complexity index is 836. The second-order valence-electron chi connectivity index (χ2n) is 6.05. The van der Waals surface area contributed by atoms with Crippen LogP contribution in [0.15, 0.2) is 42.6 Å². The molecule has 124 valence electrons. The molecule has 0 aliphatic heterocycles. The quantitative estimate of drug-likeness (QED) is 0.756. The SMILES string of the molecule is Cc1nc(-c2ccccc2)sc1C(=O)Nc1ccnn1CC(C)C. The van der Waals surface area contributed by atoms with Gasteiger partial charge in [-0.05, 0) is 12.8 Å². The predicted molar refractivity (Wildman–Crippen MR) is 97.3 cm³/mol. The molecule has 2 aromatic heterocycles. The number of carbonyl (C=O) groups is 1. The van der Waals surface area contributed by atoms with Gasteiger partial charge in [0.25, 0.3) is 5.91 Å². The molecule has 0 saturated heterocycles. The van der Waals surface area contributed by atoms with Crippen molar-refractivity contribution in [3.8, 4) is 10.6 Å². The van der Waals surface area contributed by atoms with Gasteiger partial charge < -0.3 is 5.32 Å². The van der Waals surface area contributed by atoms with Crippen molar-refractivity contribution in [3.63, 3.8) is 0 Å². The van der Waals surface area contributed by atoms with Gasteiger partial charge in [0.05, 0.1) is 11.9 Å². The normalized spacial score (nSPS) is 11.0. The Morgan fingerprint density at radius 3 is 2.71 bits per heavy atom. The molecule has 0 saturated carbocycles. The first kappa shape index (κ1) is 16.4. The minimum atomic E-state index is -0.141. The van der Waals surface area contributed by atoms with Gasteiger partial charge in [0.1, 0.15) is 15.7 Å². The molecule has 0 fully saturated rings. The highest BCUT2D eigenvalue weighted by atomic mass is 32.1. The van der Waals surface area contributed by atoms with Crippen LogP contribution in [-0.2, 0) is 6.54 Å². The summed E-state index contributed by atoms with van der Waals surface area (Å²) in [6.07, 6.45) is 1.70. The van der Waals surface area contributed by atoms with E-state index in [1.54, 1.807) is 6.20 Å². The van der Waals surface area contributed by atoms with Gasteiger partial charge >= 0.3 is 0 Å². The highest BCUT2D eigenvalue weighted by Crippen LogP contribution is 2.28. The molecular formula is C18H20N4OS. The maximum absolute atomic E-state index is 12.6. The Hall–Kier alpha value is -2.47. The molecule has 0 atom stereocenters. The molecule has 1 aromatic carbocycles. The first-order chi connectivity index (χ1) is 11.5. The van der Waals surface area contributed by atoms with Crippen LogP contribution < -0.4 is 5.32 Å². The van der Waals surface area contributed by atoms with E-state index in [0.29, 0.717) is 16.6 Å². The lowest BCUT2D eigenvalue weighted by atomic mass is 10.2. The smallest absolute Gasteiger partial charge is 0.268 e. The number of hydrogen-bond acceptors (Lipinski definition) is 4. The lowest BCUT2D eigenvalue weighted by Gasteiger charge is -2.10. The molecule has 2 heterocycles. The van der Waals surface area contributed by atoms with Crippen LogP contribution in [0.4, 0.5) is 5.82 Å². The molecule has 3 rings (SSSR count). The molecule has 0 bridgehead atoms. The number of rotatable bonds is 5. The van der Waals surface area contributed by atoms with E-state index in [0.717, 1.165) is 22.8 Å². The third-order valence-corrected chi connectivity index (χ3v) is 4.73. The zero-order valence-electron chi connectivity index (χ0n) is 14.0. The first-order valence-electron chi connectivity index (χ1n) is 7.90. The number of aryl methyl sites for hydroxylation is 1. The van der Waals surface area contributed by atoms with Gasteiger partial charge in [-0.15, -0.1) is 11.3 Å². The largest absolute Gasteiger partial charge is 0.306 e. The molecule has 1 amide bonds. The summed E-state index contributed by atoms with van der Waals surface area (Å²) in [4.78, 5) is 17.8. The molecule has 1 N–H and O–H groups in total. The number of carbonyl (C=O) groups excluding carboxylic acids is 1. The van der Waals surface area contributed by atoms with Gasteiger partial charge in [0.15, 0.2) is 0 Å². The van der Waals surface area contributed by atoms with E-state index in [1.165, 1.54) is 11.3 Å². The summed E-state index contributed by atoms with van der Waals surface area (Å²) in [6.45, 7) is 6.86. The van der Waals surface area contributed by atoms with Crippen molar-refractivity contribution in [3.05, 3.63) is 53.2 Å². The first-order valence-corrected chi connectivity index (χ1v) is 8.72. The Kier molecular flexibility index (Phi) is 4.76. The minimum Gasteiger partial charge on any atom is -0.306 e. The maximum Gasteiger partial charge on any atom is 0.268 e. The summed E-state index contributed by atoms with van der Waals surface area (Å²) in [5.74, 6) is 1.02. The van der Waals surface area contributed by atoms with Crippen molar-refractivity contribution >= 4 is 23.1 Å². The van der Waals surface area contributed by atoms with Gasteiger partial charge in [-0.3, -0.25) is 4.79 Å². The fraction of sp³-hybridized carbons (Fsp3) is 0.278. The summed E-state index contributed by atoms with van der Waals surface area (Å²) in [6, 6.07) is 11.7. The third-order valence-electron chi connectivity index (χ3n) is 3.52. The van der Waals surface area contributed by atoms with Gasteiger partial charge in [-0.25, -0.2) is 9.67 Å². The van der Waals surface area contributed by atoms with Crippen molar-refractivity contribution < 1.29 is 4.79 Å². The van der Waals surface area contributed by atoms with Crippen LogP contribution in [0.3, 0.4) is 0 Å². The lowest BCUT2D eigenvalue weighted by molar-refractivity contribution is 0.102. The zero-order valence-corrected chi connectivity index (χ0v) is 14.8. The van der Waals surface area contributed by atoms with Crippen LogP contribution in [0, 0.1) is 12.8 Å². The van der Waals surface area contributed by atoms with Crippen LogP contribution in [0.25, 0.3) is 10.6 Å². The minimum absolute atomic E-state index is 0.141. The molecule has 0 spiro atoms. The highest BCUT2D eigenvalue weighted by Gasteiger charge is 2.17. The van der Waals surface area contributed by atoms with E-state index < -0.39 is 0 Å². The zero-order chi connectivity index (χ0) is 17.1. The van der Waals surface area contributed by atoms with E-state index in [1.807, 2.05) is 48.0 Å². The van der Waals surface area contributed by atoms with E-state index in [9.17, 15) is 4.79 Å². The molecule has 0 aliphatic rings. The summed E-state index contributed by atoms with van der Waals surface area (Å²) >= 11 is 1.41. The van der Waals surface area contributed by atoms with E-state index in [2.05, 4.69) is 29.2 Å². The molecular weight excluding hydrogens is 320 g/mol. The molecule has 5 nitrogen and oxygen atoms in total. The monoisotopic (exact) mass is 340 g/mol. The summed E-state index contributed by atoms with van der Waals surface area (Å²) in [7, 11) is 0. The van der Waals surface area contributed by atoms with E-state index in [-0.39, 0.29) is 5.91 Å². The second kappa shape index (κ2) is 6.97. The van der Waals surface area contributed by atoms with Crippen molar-refractivity contribution in [1.29, 1.82) is 0 Å². The van der Waals surface area contributed by atoms with Gasteiger partial charge in [-0.2, -0.15) is 5.10 Å². The van der Waals surface area contributed by atoms with Crippen LogP contribution >= 0.6 is 11.3 Å². The van der Waals surface area contributed by atoms with Crippen LogP contribution in [0.1, 0.15) is 29.2 Å². The fourth-order valence-electron chi connectivity index (χ4n) is 2.41. The average Bonchev–Trinajstić information content (AvgIpc) is 3.14. The molecule has 0 aliphatic carbocycles. The number of benzene rings is 1. The van der Waals surface area contributed by atoms with Crippen LogP contribution in [-0.4, -0.2) is 20.7 Å². The predicted octanol–water partition coefficient (Wildman–Crippen LogP) is 4.22. The third kappa shape index (κ3) is 3.54. The topological polar surface area (TPSA) is 59.8 Å². The van der Waals surface area contributed by atoms with Gasteiger partial charge in [0, 0.05) is 18.2 Å². The Balaban J connectivity index is 1.81. The summed E-state index contributed by atoms with van der Waals surface area (Å²) < 4.78 is 1.82. The number of amides is 1. The molecule has 3 aromatic rings. The average molecular weight is 340 g/mol. The maximum atomic E-state index is 12.6. The fourth-order valence-corrected chi connectivity index (χ4v) is 3.38. The van der Waals surface area contributed by atoms with Crippen molar-refractivity contribution in [2.45, 2.75) is 27.3 Å². The summed E-state index contributed by atoms with van der Waals surface area (Å²) in [5, 5.41) is 8.07. The standard InChI is InChI=1S/C18H20N4OS/c1-12(2)11-22-15(9-10-19-22)21-17(23)16-13(3)20-18(24-16)14-7-5-4-6-8-14/h4-10,12H,11H2,1-3H3,(H,21,23). The number of nitrogens with zero attached hydrogens (tertiary/aromatic N) is 3. The summed E-state index contributed by atoms with van der Waals surface area (Å²) in [5.41, 5.74) is 1.76. The van der Waals surface area contributed by atoms with Crippen molar-refractivity contribution in [1.82, 2.24) is 14.8 Å². The van der Waals surface area contributed by atoms with Crippen LogP contribution in [0.2, 0.25) is 0 Å². The van der Waals surface area contributed by atoms with Crippen molar-refractivity contribution in [2.24, 2.45) is 5.92 Å². The second-order valence-corrected chi connectivity index (χ2v) is 7.05. The van der Waals surface area contributed by atoms with Gasteiger partial charge in [-0.1, -0.05) is 44.2 Å². The van der Waals surface area contributed by atoms with Crippen LogP contribution in [0.5, 0.6) is 0 Å². The van der Waals surface area contributed by atoms with Gasteiger partial charge in [0.2, 0.25) is 0 Å². The number of anilines is 1. The molecule has 6 heteroatoms. The molecule has 24 heavy (non-hydrogen) atoms. The molecule has 0 radical (unpaired) electrons. The lowest BCUT2D eigenvalue weighted by Crippen LogP contribution is -2.17. The van der Waals surface area contributed by atoms with E-state index >= 15 is 0 Å². The number of thiazole rings is 1. The van der Waals surface area contributed by atoms with Crippen molar-refractivity contribution in [2.75, 3.05) is 5.32 Å². The number of nitrogens with one attached hydrogen (secondary N) is 1. The highest BCUT2D eigenvalue weighted by molar-refractivity contribution is 7.17. The number of hydrogen-bond donors (Lipinski definition) is 1. The Labute approximate surface area is 145 Å². The van der Waals surface area contributed by atoms with E-state index in [4.69, 9.17) is 0 Å². The Morgan fingerprint density at radius 2 is 2.00 bits per heavy atom. The number of aromatic nitrogens is 3. The Morgan fingerprint density at radius 1 is 1.25 bits per heavy atom.